The van der Waals surface area contributed by atoms with Crippen molar-refractivity contribution in [2.75, 3.05) is 6.54 Å². The lowest BCUT2D eigenvalue weighted by Gasteiger charge is -2.32. The van der Waals surface area contributed by atoms with Gasteiger partial charge in [0.25, 0.3) is 0 Å². The molecule has 11 heteroatoms. The average molecular weight is 462 g/mol. The van der Waals surface area contributed by atoms with Gasteiger partial charge in [-0.3, -0.25) is 4.79 Å². The standard InChI is InChI=1S/C20H23F5N4OS/c1-19(2,26)10-28(17(30)20(23,24)25)9-14-8-27-18(31)29(14)13-3-4-15-11(6-13)5-12(21)7-16(15)22/h5,7-8,13H,3-4,6,9-10,26H2,1-2H3,(H,27,31). The number of aromatic amines is 1. The SMILES string of the molecule is CC(C)(N)CN(Cc1c[nH]c(=S)n1C1CCc2c(F)cc(F)cc2C1)C(=O)C(F)(F)F. The molecule has 3 rings (SSSR count). The number of nitrogens with two attached hydrogens (primary N) is 1. The number of amides is 1. The van der Waals surface area contributed by atoms with Gasteiger partial charge in [-0.05, 0) is 62.5 Å². The van der Waals surface area contributed by atoms with Gasteiger partial charge in [-0.25, -0.2) is 8.78 Å². The van der Waals surface area contributed by atoms with Crippen LogP contribution in [0, 0.1) is 16.4 Å². The zero-order chi connectivity index (χ0) is 23.1. The number of halogens is 5. The van der Waals surface area contributed by atoms with Crippen LogP contribution in [0.25, 0.3) is 0 Å². The Morgan fingerprint density at radius 3 is 2.61 bits per heavy atom. The Kier molecular flexibility index (Phi) is 6.30. The van der Waals surface area contributed by atoms with Gasteiger partial charge in [-0.1, -0.05) is 0 Å². The molecule has 3 N–H and O–H groups in total. The summed E-state index contributed by atoms with van der Waals surface area (Å²) in [5, 5.41) is 0. The van der Waals surface area contributed by atoms with E-state index >= 15 is 0 Å². The summed E-state index contributed by atoms with van der Waals surface area (Å²) in [7, 11) is 0. The van der Waals surface area contributed by atoms with Crippen molar-refractivity contribution in [1.82, 2.24) is 14.5 Å². The fraction of sp³-hybridized carbons (Fsp3) is 0.500. The molecular formula is C20H23F5N4OS. The predicted octanol–water partition coefficient (Wildman–Crippen LogP) is 4.18. The van der Waals surface area contributed by atoms with Crippen LogP contribution >= 0.6 is 12.2 Å². The summed E-state index contributed by atoms with van der Waals surface area (Å²) in [6, 6.07) is 1.77. The van der Waals surface area contributed by atoms with E-state index in [0.717, 1.165) is 6.07 Å². The Morgan fingerprint density at radius 1 is 1.32 bits per heavy atom. The molecule has 1 amide bonds. The highest BCUT2D eigenvalue weighted by Crippen LogP contribution is 2.33. The largest absolute Gasteiger partial charge is 0.471 e. The van der Waals surface area contributed by atoms with Crippen LogP contribution in [0.5, 0.6) is 0 Å². The minimum atomic E-state index is -5.05. The van der Waals surface area contributed by atoms with Gasteiger partial charge in [0.15, 0.2) is 4.77 Å². The fourth-order valence-corrected chi connectivity index (χ4v) is 4.33. The number of benzene rings is 1. The molecule has 1 aliphatic carbocycles. The third-order valence-corrected chi connectivity index (χ3v) is 5.49. The first-order valence-electron chi connectivity index (χ1n) is 9.67. The Labute approximate surface area is 181 Å². The molecule has 0 saturated carbocycles. The van der Waals surface area contributed by atoms with E-state index in [9.17, 15) is 26.7 Å². The molecule has 5 nitrogen and oxygen atoms in total. The van der Waals surface area contributed by atoms with Crippen molar-refractivity contribution in [3.63, 3.8) is 0 Å². The number of carbonyl (C=O) groups is 1. The van der Waals surface area contributed by atoms with Gasteiger partial charge in [-0.2, -0.15) is 13.2 Å². The predicted molar refractivity (Wildman–Crippen MR) is 107 cm³/mol. The van der Waals surface area contributed by atoms with Crippen molar-refractivity contribution >= 4 is 18.1 Å². The van der Waals surface area contributed by atoms with Gasteiger partial charge in [0, 0.05) is 30.4 Å². The normalized spacial score (nSPS) is 16.8. The number of H-pyrrole nitrogens is 1. The van der Waals surface area contributed by atoms with Crippen LogP contribution in [-0.2, 0) is 24.2 Å². The number of alkyl halides is 3. The van der Waals surface area contributed by atoms with Crippen LogP contribution in [0.15, 0.2) is 18.3 Å². The molecule has 1 aliphatic rings. The summed E-state index contributed by atoms with van der Waals surface area (Å²) in [5.41, 5.74) is 6.10. The molecule has 0 spiro atoms. The number of carbonyl (C=O) groups excluding carboxylic acids is 1. The Hall–Kier alpha value is -2.27. The maximum atomic E-state index is 14.1. The number of hydrogen-bond acceptors (Lipinski definition) is 3. The Balaban J connectivity index is 1.93. The second-order valence-electron chi connectivity index (χ2n) is 8.52. The Bertz CT molecular complexity index is 1040. The second kappa shape index (κ2) is 8.34. The molecule has 1 atom stereocenters. The van der Waals surface area contributed by atoms with Crippen molar-refractivity contribution < 1.29 is 26.7 Å². The van der Waals surface area contributed by atoms with E-state index in [1.807, 2.05) is 0 Å². The highest BCUT2D eigenvalue weighted by Gasteiger charge is 2.43. The zero-order valence-electron chi connectivity index (χ0n) is 17.0. The second-order valence-corrected chi connectivity index (χ2v) is 8.91. The minimum Gasteiger partial charge on any atom is -0.337 e. The molecule has 0 bridgehead atoms. The van der Waals surface area contributed by atoms with E-state index < -0.39 is 29.3 Å². The van der Waals surface area contributed by atoms with Gasteiger partial charge in [-0.15, -0.1) is 0 Å². The molecule has 0 aliphatic heterocycles. The molecule has 31 heavy (non-hydrogen) atoms. The van der Waals surface area contributed by atoms with Crippen molar-refractivity contribution in [2.24, 2.45) is 5.73 Å². The molecule has 0 radical (unpaired) electrons. The smallest absolute Gasteiger partial charge is 0.337 e. The maximum Gasteiger partial charge on any atom is 0.471 e. The minimum absolute atomic E-state index is 0.256. The number of imidazole rings is 1. The van der Waals surface area contributed by atoms with E-state index in [4.69, 9.17) is 18.0 Å². The van der Waals surface area contributed by atoms with E-state index in [-0.39, 0.29) is 30.3 Å². The quantitative estimate of drug-likeness (QED) is 0.518. The number of aromatic nitrogens is 2. The average Bonchev–Trinajstić information content (AvgIpc) is 2.98. The fourth-order valence-electron chi connectivity index (χ4n) is 4.01. The highest BCUT2D eigenvalue weighted by atomic mass is 32.1. The molecule has 2 aromatic rings. The molecule has 1 aromatic carbocycles. The van der Waals surface area contributed by atoms with Crippen LogP contribution in [0.1, 0.15) is 43.1 Å². The first-order valence-corrected chi connectivity index (χ1v) is 10.1. The number of nitrogens with one attached hydrogen (secondary N) is 1. The number of nitrogens with zero attached hydrogens (tertiary/aromatic N) is 2. The third-order valence-electron chi connectivity index (χ3n) is 5.17. The lowest BCUT2D eigenvalue weighted by Crippen LogP contribution is -2.51. The van der Waals surface area contributed by atoms with Crippen LogP contribution in [-0.4, -0.2) is 38.6 Å². The van der Waals surface area contributed by atoms with Gasteiger partial charge in [0.1, 0.15) is 11.6 Å². The summed E-state index contributed by atoms with van der Waals surface area (Å²) in [4.78, 5) is 15.4. The van der Waals surface area contributed by atoms with Crippen molar-refractivity contribution in [2.45, 2.75) is 57.4 Å². The monoisotopic (exact) mass is 462 g/mol. The molecular weight excluding hydrogens is 439 g/mol. The van der Waals surface area contributed by atoms with Crippen molar-refractivity contribution in [1.29, 1.82) is 0 Å². The van der Waals surface area contributed by atoms with Gasteiger partial charge in [0.05, 0.1) is 12.2 Å². The molecule has 1 heterocycles. The Morgan fingerprint density at radius 2 is 2.00 bits per heavy atom. The molecule has 1 aromatic heterocycles. The number of rotatable bonds is 5. The highest BCUT2D eigenvalue weighted by molar-refractivity contribution is 7.71. The van der Waals surface area contributed by atoms with E-state index in [1.165, 1.54) is 26.1 Å². The third kappa shape index (κ3) is 5.32. The molecule has 0 fully saturated rings. The van der Waals surface area contributed by atoms with Crippen molar-refractivity contribution in [3.05, 3.63) is 51.6 Å². The van der Waals surface area contributed by atoms with Crippen molar-refractivity contribution in [3.8, 4) is 0 Å². The summed E-state index contributed by atoms with van der Waals surface area (Å²) in [6.45, 7) is 2.35. The summed E-state index contributed by atoms with van der Waals surface area (Å²) < 4.78 is 69.0. The summed E-state index contributed by atoms with van der Waals surface area (Å²) in [5.74, 6) is -3.30. The lowest BCUT2D eigenvalue weighted by atomic mass is 9.87. The zero-order valence-corrected chi connectivity index (χ0v) is 17.8. The first-order chi connectivity index (χ1) is 14.3. The first kappa shape index (κ1) is 23.4. The molecule has 0 saturated heterocycles. The van der Waals surface area contributed by atoms with E-state index in [2.05, 4.69) is 4.98 Å². The van der Waals surface area contributed by atoms with Gasteiger partial charge >= 0.3 is 12.1 Å². The number of fused-ring (bicyclic) bond motifs is 1. The summed E-state index contributed by atoms with van der Waals surface area (Å²) >= 11 is 5.31. The lowest BCUT2D eigenvalue weighted by molar-refractivity contribution is -0.186. The molecule has 170 valence electrons. The van der Waals surface area contributed by atoms with E-state index in [0.29, 0.717) is 34.6 Å². The van der Waals surface area contributed by atoms with Gasteiger partial charge < -0.3 is 20.2 Å². The topological polar surface area (TPSA) is 67.0 Å². The molecule has 1 unspecified atom stereocenters. The maximum absolute atomic E-state index is 14.1. The summed E-state index contributed by atoms with van der Waals surface area (Å²) in [6.07, 6.45) is -2.55. The van der Waals surface area contributed by atoms with Gasteiger partial charge in [0.2, 0.25) is 0 Å². The number of hydrogen-bond donors (Lipinski definition) is 2. The van der Waals surface area contributed by atoms with Crippen LogP contribution < -0.4 is 5.73 Å². The van der Waals surface area contributed by atoms with Crippen LogP contribution in [0.3, 0.4) is 0 Å². The van der Waals surface area contributed by atoms with Crippen LogP contribution in [0.2, 0.25) is 0 Å². The van der Waals surface area contributed by atoms with E-state index in [1.54, 1.807) is 4.57 Å². The van der Waals surface area contributed by atoms with Crippen LogP contribution in [0.4, 0.5) is 22.0 Å².